The molecule has 3 N–H and O–H groups in total. The molecule has 0 aliphatic carbocycles. The van der Waals surface area contributed by atoms with Gasteiger partial charge < -0.3 is 11.1 Å². The fourth-order valence-electron chi connectivity index (χ4n) is 1.10. The first-order valence-corrected chi connectivity index (χ1v) is 4.66. The highest BCUT2D eigenvalue weighted by atomic mass is 16.2. The van der Waals surface area contributed by atoms with Crippen LogP contribution in [0.4, 0.5) is 0 Å². The zero-order valence-electron chi connectivity index (χ0n) is 8.53. The van der Waals surface area contributed by atoms with E-state index in [4.69, 9.17) is 11.0 Å². The van der Waals surface area contributed by atoms with Gasteiger partial charge in [-0.25, -0.2) is 0 Å². The Morgan fingerprint density at radius 2 is 2.40 bits per heavy atom. The van der Waals surface area contributed by atoms with Gasteiger partial charge in [-0.15, -0.1) is 0 Å². The number of nitriles is 1. The van der Waals surface area contributed by atoms with Gasteiger partial charge in [0.05, 0.1) is 17.7 Å². The lowest BCUT2D eigenvalue weighted by Crippen LogP contribution is -2.37. The maximum atomic E-state index is 11.2. The molecular formula is C11H13N3O. The molecule has 1 amide bonds. The highest BCUT2D eigenvalue weighted by molar-refractivity contribution is 5.80. The number of hydrogen-bond donors (Lipinski definition) is 2. The number of nitrogens with two attached hydrogens (primary N) is 1. The number of hydrogen-bond acceptors (Lipinski definition) is 3. The van der Waals surface area contributed by atoms with E-state index in [0.717, 1.165) is 5.56 Å². The minimum Gasteiger partial charge on any atom is -0.351 e. The van der Waals surface area contributed by atoms with E-state index in [-0.39, 0.29) is 5.91 Å². The largest absolute Gasteiger partial charge is 0.351 e. The Kier molecular flexibility index (Phi) is 3.83. The third-order valence-corrected chi connectivity index (χ3v) is 1.94. The number of nitrogens with zero attached hydrogens (tertiary/aromatic N) is 1. The van der Waals surface area contributed by atoms with Gasteiger partial charge in [0.25, 0.3) is 0 Å². The van der Waals surface area contributed by atoms with Crippen molar-refractivity contribution in [3.05, 3.63) is 35.4 Å². The van der Waals surface area contributed by atoms with E-state index in [2.05, 4.69) is 5.32 Å². The van der Waals surface area contributed by atoms with Gasteiger partial charge in [0.1, 0.15) is 0 Å². The van der Waals surface area contributed by atoms with E-state index in [1.807, 2.05) is 12.1 Å². The van der Waals surface area contributed by atoms with Gasteiger partial charge in [-0.1, -0.05) is 12.1 Å². The van der Waals surface area contributed by atoms with Crippen LogP contribution in [0.15, 0.2) is 24.3 Å². The molecular weight excluding hydrogens is 190 g/mol. The SMILES string of the molecule is CC(N)C(=O)NCc1cccc(C#N)c1. The summed E-state index contributed by atoms with van der Waals surface area (Å²) in [5.74, 6) is -0.197. The fourth-order valence-corrected chi connectivity index (χ4v) is 1.10. The Hall–Kier alpha value is -1.86. The van der Waals surface area contributed by atoms with Gasteiger partial charge in [-0.2, -0.15) is 5.26 Å². The number of benzene rings is 1. The molecule has 1 aromatic carbocycles. The van der Waals surface area contributed by atoms with Crippen molar-refractivity contribution in [1.82, 2.24) is 5.32 Å². The predicted octanol–water partition coefficient (Wildman–Crippen LogP) is 0.522. The van der Waals surface area contributed by atoms with Crippen LogP contribution >= 0.6 is 0 Å². The summed E-state index contributed by atoms with van der Waals surface area (Å²) in [5.41, 5.74) is 6.87. The maximum Gasteiger partial charge on any atom is 0.236 e. The van der Waals surface area contributed by atoms with Crippen LogP contribution in [0.2, 0.25) is 0 Å². The summed E-state index contributed by atoms with van der Waals surface area (Å²) in [6.07, 6.45) is 0. The average Bonchev–Trinajstić information content (AvgIpc) is 2.26. The van der Waals surface area contributed by atoms with Crippen molar-refractivity contribution < 1.29 is 4.79 Å². The van der Waals surface area contributed by atoms with E-state index < -0.39 is 6.04 Å². The lowest BCUT2D eigenvalue weighted by atomic mass is 10.1. The summed E-state index contributed by atoms with van der Waals surface area (Å²) >= 11 is 0. The van der Waals surface area contributed by atoms with Gasteiger partial charge in [0, 0.05) is 6.54 Å². The Morgan fingerprint density at radius 1 is 1.67 bits per heavy atom. The molecule has 0 aliphatic rings. The van der Waals surface area contributed by atoms with Gasteiger partial charge in [0.2, 0.25) is 5.91 Å². The van der Waals surface area contributed by atoms with Crippen molar-refractivity contribution in [1.29, 1.82) is 5.26 Å². The van der Waals surface area contributed by atoms with Crippen molar-refractivity contribution in [3.8, 4) is 6.07 Å². The van der Waals surface area contributed by atoms with E-state index in [0.29, 0.717) is 12.1 Å². The molecule has 78 valence electrons. The Balaban J connectivity index is 2.59. The van der Waals surface area contributed by atoms with Crippen molar-refractivity contribution in [2.75, 3.05) is 0 Å². The molecule has 0 fully saturated rings. The molecule has 1 aromatic rings. The number of rotatable bonds is 3. The van der Waals surface area contributed by atoms with Crippen LogP contribution in [0.3, 0.4) is 0 Å². The average molecular weight is 203 g/mol. The van der Waals surface area contributed by atoms with Crippen LogP contribution in [0, 0.1) is 11.3 Å². The maximum absolute atomic E-state index is 11.2. The summed E-state index contributed by atoms with van der Waals surface area (Å²) in [6, 6.07) is 8.62. The summed E-state index contributed by atoms with van der Waals surface area (Å²) in [7, 11) is 0. The van der Waals surface area contributed by atoms with Crippen LogP contribution in [0.25, 0.3) is 0 Å². The second kappa shape index (κ2) is 5.13. The quantitative estimate of drug-likeness (QED) is 0.751. The third kappa shape index (κ3) is 3.41. The molecule has 4 heteroatoms. The van der Waals surface area contributed by atoms with Gasteiger partial charge >= 0.3 is 0 Å². The van der Waals surface area contributed by atoms with Gasteiger partial charge in [-0.05, 0) is 24.6 Å². The van der Waals surface area contributed by atoms with Crippen molar-refractivity contribution in [3.63, 3.8) is 0 Å². The van der Waals surface area contributed by atoms with E-state index >= 15 is 0 Å². The molecule has 0 bridgehead atoms. The van der Waals surface area contributed by atoms with E-state index in [1.165, 1.54) is 0 Å². The summed E-state index contributed by atoms with van der Waals surface area (Å²) in [6.45, 7) is 2.02. The lowest BCUT2D eigenvalue weighted by Gasteiger charge is -2.07. The number of carbonyl (C=O) groups is 1. The molecule has 1 atom stereocenters. The highest BCUT2D eigenvalue weighted by Crippen LogP contribution is 2.03. The van der Waals surface area contributed by atoms with Crippen molar-refractivity contribution >= 4 is 5.91 Å². The molecule has 4 nitrogen and oxygen atoms in total. The molecule has 0 aromatic heterocycles. The van der Waals surface area contributed by atoms with Gasteiger partial charge in [-0.3, -0.25) is 4.79 Å². The van der Waals surface area contributed by atoms with Crippen LogP contribution in [0.1, 0.15) is 18.1 Å². The first-order chi connectivity index (χ1) is 7.13. The minimum absolute atomic E-state index is 0.197. The summed E-state index contributed by atoms with van der Waals surface area (Å²) in [5, 5.41) is 11.3. The summed E-state index contributed by atoms with van der Waals surface area (Å²) < 4.78 is 0. The van der Waals surface area contributed by atoms with Crippen molar-refractivity contribution in [2.45, 2.75) is 19.5 Å². The Labute approximate surface area is 88.7 Å². The zero-order valence-corrected chi connectivity index (χ0v) is 8.53. The van der Waals surface area contributed by atoms with Crippen LogP contribution in [0.5, 0.6) is 0 Å². The molecule has 0 saturated carbocycles. The standard InChI is InChI=1S/C11H13N3O/c1-8(13)11(15)14-7-10-4-2-3-9(5-10)6-12/h2-5,8H,7,13H2,1H3,(H,14,15). The molecule has 0 saturated heterocycles. The van der Waals surface area contributed by atoms with Crippen LogP contribution < -0.4 is 11.1 Å². The first kappa shape index (κ1) is 11.2. The molecule has 0 aliphatic heterocycles. The highest BCUT2D eigenvalue weighted by Gasteiger charge is 2.05. The summed E-state index contributed by atoms with van der Waals surface area (Å²) in [4.78, 5) is 11.2. The molecule has 1 unspecified atom stereocenters. The van der Waals surface area contributed by atoms with E-state index in [9.17, 15) is 4.79 Å². The Bertz CT molecular complexity index is 393. The first-order valence-electron chi connectivity index (χ1n) is 4.66. The minimum atomic E-state index is -0.510. The monoisotopic (exact) mass is 203 g/mol. The van der Waals surface area contributed by atoms with Gasteiger partial charge in [0.15, 0.2) is 0 Å². The number of nitrogens with one attached hydrogen (secondary N) is 1. The van der Waals surface area contributed by atoms with Crippen molar-refractivity contribution in [2.24, 2.45) is 5.73 Å². The predicted molar refractivity (Wildman–Crippen MR) is 56.7 cm³/mol. The molecule has 0 spiro atoms. The Morgan fingerprint density at radius 3 is 3.00 bits per heavy atom. The third-order valence-electron chi connectivity index (χ3n) is 1.94. The zero-order chi connectivity index (χ0) is 11.3. The fraction of sp³-hybridized carbons (Fsp3) is 0.273. The van der Waals surface area contributed by atoms with Crippen LogP contribution in [-0.2, 0) is 11.3 Å². The lowest BCUT2D eigenvalue weighted by molar-refractivity contribution is -0.122. The normalized spacial score (nSPS) is 11.5. The smallest absolute Gasteiger partial charge is 0.236 e. The molecule has 0 radical (unpaired) electrons. The van der Waals surface area contributed by atoms with Crippen LogP contribution in [-0.4, -0.2) is 11.9 Å². The molecule has 15 heavy (non-hydrogen) atoms. The van der Waals surface area contributed by atoms with E-state index in [1.54, 1.807) is 25.1 Å². The molecule has 1 rings (SSSR count). The second-order valence-corrected chi connectivity index (χ2v) is 3.32. The topological polar surface area (TPSA) is 78.9 Å². The second-order valence-electron chi connectivity index (χ2n) is 3.32. The molecule has 0 heterocycles. The number of amides is 1. The number of carbonyl (C=O) groups excluding carboxylic acids is 1.